The zero-order chi connectivity index (χ0) is 17.5. The summed E-state index contributed by atoms with van der Waals surface area (Å²) in [5.41, 5.74) is 5.18. The first-order valence-corrected chi connectivity index (χ1v) is 7.63. The normalized spacial score (nSPS) is 11.2. The number of amides is 2. The van der Waals surface area contributed by atoms with Crippen LogP contribution in [0, 0.1) is 5.92 Å². The number of aromatic nitrogens is 1. The van der Waals surface area contributed by atoms with Crippen molar-refractivity contribution in [1.82, 2.24) is 10.4 Å². The fraction of sp³-hybridized carbons (Fsp3) is 0.222. The van der Waals surface area contributed by atoms with Gasteiger partial charge in [0.2, 0.25) is 5.91 Å². The molecule has 24 heavy (non-hydrogen) atoms. The van der Waals surface area contributed by atoms with E-state index in [1.165, 1.54) is 6.20 Å². The molecule has 1 heterocycles. The molecule has 0 unspecified atom stereocenters. The molecule has 0 radical (unpaired) electrons. The molecule has 1 aromatic carbocycles. The third-order valence-corrected chi connectivity index (χ3v) is 3.34. The van der Waals surface area contributed by atoms with Crippen molar-refractivity contribution in [2.45, 2.75) is 20.8 Å². The number of hydrogen-bond donors (Lipinski definition) is 2. The second kappa shape index (κ2) is 8.01. The Labute approximate surface area is 141 Å². The van der Waals surface area contributed by atoms with E-state index in [1.807, 2.05) is 26.0 Å². The summed E-state index contributed by atoms with van der Waals surface area (Å²) < 4.78 is 0. The number of nitrogens with zero attached hydrogens (tertiary/aromatic N) is 2. The molecule has 0 bridgehead atoms. The van der Waals surface area contributed by atoms with Crippen molar-refractivity contribution in [3.05, 3.63) is 59.9 Å². The summed E-state index contributed by atoms with van der Waals surface area (Å²) in [5, 5.41) is 6.92. The maximum atomic E-state index is 11.9. The van der Waals surface area contributed by atoms with Gasteiger partial charge < -0.3 is 5.32 Å². The van der Waals surface area contributed by atoms with Crippen LogP contribution < -0.4 is 10.7 Å². The summed E-state index contributed by atoms with van der Waals surface area (Å²) in [6, 6.07) is 10.6. The Kier molecular flexibility index (Phi) is 5.78. The summed E-state index contributed by atoms with van der Waals surface area (Å²) >= 11 is 0. The van der Waals surface area contributed by atoms with Gasteiger partial charge in [-0.25, -0.2) is 5.43 Å². The SMILES string of the molecule is C/C(=N\NC(=O)c1cccnc1)c1ccc(NC(=O)C(C)C)cc1. The van der Waals surface area contributed by atoms with E-state index >= 15 is 0 Å². The van der Waals surface area contributed by atoms with Gasteiger partial charge in [-0.05, 0) is 36.8 Å². The molecule has 0 atom stereocenters. The molecule has 0 aliphatic carbocycles. The largest absolute Gasteiger partial charge is 0.326 e. The van der Waals surface area contributed by atoms with Crippen LogP contribution >= 0.6 is 0 Å². The second-order valence-corrected chi connectivity index (χ2v) is 5.60. The first-order chi connectivity index (χ1) is 11.5. The van der Waals surface area contributed by atoms with Crippen molar-refractivity contribution in [3.63, 3.8) is 0 Å². The average molecular weight is 324 g/mol. The lowest BCUT2D eigenvalue weighted by molar-refractivity contribution is -0.118. The summed E-state index contributed by atoms with van der Waals surface area (Å²) in [6.07, 6.45) is 3.08. The third-order valence-electron chi connectivity index (χ3n) is 3.34. The maximum absolute atomic E-state index is 11.9. The van der Waals surface area contributed by atoms with Crippen LogP contribution in [0.1, 0.15) is 36.7 Å². The van der Waals surface area contributed by atoms with Crippen LogP contribution in [0.4, 0.5) is 5.69 Å². The number of hydrogen-bond acceptors (Lipinski definition) is 4. The minimum absolute atomic E-state index is 0.0307. The Morgan fingerprint density at radius 3 is 2.38 bits per heavy atom. The van der Waals surface area contributed by atoms with E-state index in [-0.39, 0.29) is 17.7 Å². The van der Waals surface area contributed by atoms with Gasteiger partial charge in [0.15, 0.2) is 0 Å². The van der Waals surface area contributed by atoms with Gasteiger partial charge in [-0.15, -0.1) is 0 Å². The Morgan fingerprint density at radius 2 is 1.79 bits per heavy atom. The predicted molar refractivity (Wildman–Crippen MR) is 93.8 cm³/mol. The molecule has 0 saturated carbocycles. The smallest absolute Gasteiger partial charge is 0.272 e. The number of anilines is 1. The van der Waals surface area contributed by atoms with E-state index in [2.05, 4.69) is 20.8 Å². The Bertz CT molecular complexity index is 737. The lowest BCUT2D eigenvalue weighted by Crippen LogP contribution is -2.19. The fourth-order valence-corrected chi connectivity index (χ4v) is 1.84. The number of carbonyl (C=O) groups excluding carboxylic acids is 2. The first kappa shape index (κ1) is 17.3. The molecule has 2 rings (SSSR count). The molecular formula is C18H20N4O2. The molecule has 0 aliphatic heterocycles. The summed E-state index contributed by atoms with van der Waals surface area (Å²) in [5.74, 6) is -0.421. The van der Waals surface area contributed by atoms with E-state index in [9.17, 15) is 9.59 Å². The standard InChI is InChI=1S/C18H20N4O2/c1-12(2)17(23)20-16-8-6-14(7-9-16)13(3)21-22-18(24)15-5-4-10-19-11-15/h4-12H,1-3H3,(H,20,23)(H,22,24)/b21-13+. The highest BCUT2D eigenvalue weighted by Crippen LogP contribution is 2.11. The van der Waals surface area contributed by atoms with Crippen molar-refractivity contribution in [2.75, 3.05) is 5.32 Å². The Balaban J connectivity index is 2.00. The van der Waals surface area contributed by atoms with E-state index in [0.29, 0.717) is 11.3 Å². The maximum Gasteiger partial charge on any atom is 0.272 e. The van der Waals surface area contributed by atoms with Crippen LogP contribution in [0.15, 0.2) is 53.9 Å². The molecule has 6 nitrogen and oxygen atoms in total. The second-order valence-electron chi connectivity index (χ2n) is 5.60. The van der Waals surface area contributed by atoms with Gasteiger partial charge in [0.1, 0.15) is 0 Å². The Morgan fingerprint density at radius 1 is 1.08 bits per heavy atom. The van der Waals surface area contributed by atoms with Gasteiger partial charge in [0, 0.05) is 24.0 Å². The molecule has 124 valence electrons. The van der Waals surface area contributed by atoms with E-state index in [0.717, 1.165) is 11.3 Å². The summed E-state index contributed by atoms with van der Waals surface area (Å²) in [7, 11) is 0. The predicted octanol–water partition coefficient (Wildman–Crippen LogP) is 2.83. The van der Waals surface area contributed by atoms with E-state index in [1.54, 1.807) is 37.4 Å². The van der Waals surface area contributed by atoms with Gasteiger partial charge in [0.25, 0.3) is 5.91 Å². The van der Waals surface area contributed by atoms with Crippen molar-refractivity contribution in [2.24, 2.45) is 11.0 Å². The van der Waals surface area contributed by atoms with E-state index in [4.69, 9.17) is 0 Å². The third kappa shape index (κ3) is 4.74. The number of pyridine rings is 1. The van der Waals surface area contributed by atoms with Crippen LogP contribution in [0.25, 0.3) is 0 Å². The van der Waals surface area contributed by atoms with Crippen LogP contribution in [-0.2, 0) is 4.79 Å². The molecule has 0 spiro atoms. The van der Waals surface area contributed by atoms with Crippen molar-refractivity contribution < 1.29 is 9.59 Å². The number of nitrogens with one attached hydrogen (secondary N) is 2. The van der Waals surface area contributed by atoms with Crippen LogP contribution in [0.5, 0.6) is 0 Å². The first-order valence-electron chi connectivity index (χ1n) is 7.63. The van der Waals surface area contributed by atoms with Crippen LogP contribution in [-0.4, -0.2) is 22.5 Å². The van der Waals surface area contributed by atoms with Crippen molar-refractivity contribution in [1.29, 1.82) is 0 Å². The zero-order valence-electron chi connectivity index (χ0n) is 13.9. The quantitative estimate of drug-likeness (QED) is 0.655. The molecule has 0 aliphatic rings. The monoisotopic (exact) mass is 324 g/mol. The highest BCUT2D eigenvalue weighted by molar-refractivity contribution is 6.01. The number of hydrazone groups is 1. The highest BCUT2D eigenvalue weighted by Gasteiger charge is 2.07. The minimum atomic E-state index is -0.316. The Hall–Kier alpha value is -3.02. The van der Waals surface area contributed by atoms with Gasteiger partial charge in [-0.3, -0.25) is 14.6 Å². The average Bonchev–Trinajstić information content (AvgIpc) is 2.60. The van der Waals surface area contributed by atoms with Crippen molar-refractivity contribution in [3.8, 4) is 0 Å². The molecule has 2 N–H and O–H groups in total. The molecule has 2 aromatic rings. The number of carbonyl (C=O) groups is 2. The number of benzene rings is 1. The van der Waals surface area contributed by atoms with Crippen LogP contribution in [0.2, 0.25) is 0 Å². The summed E-state index contributed by atoms with van der Waals surface area (Å²) in [4.78, 5) is 27.5. The molecule has 2 amide bonds. The summed E-state index contributed by atoms with van der Waals surface area (Å²) in [6.45, 7) is 5.47. The van der Waals surface area contributed by atoms with Crippen molar-refractivity contribution >= 4 is 23.2 Å². The van der Waals surface area contributed by atoms with Gasteiger partial charge in [-0.1, -0.05) is 26.0 Å². The van der Waals surface area contributed by atoms with Gasteiger partial charge >= 0.3 is 0 Å². The lowest BCUT2D eigenvalue weighted by Gasteiger charge is -2.08. The zero-order valence-corrected chi connectivity index (χ0v) is 13.9. The highest BCUT2D eigenvalue weighted by atomic mass is 16.2. The fourth-order valence-electron chi connectivity index (χ4n) is 1.84. The van der Waals surface area contributed by atoms with Gasteiger partial charge in [0.05, 0.1) is 11.3 Å². The molecule has 1 aromatic heterocycles. The topological polar surface area (TPSA) is 83.4 Å². The lowest BCUT2D eigenvalue weighted by atomic mass is 10.1. The molecule has 0 saturated heterocycles. The van der Waals surface area contributed by atoms with Crippen LogP contribution in [0.3, 0.4) is 0 Å². The minimum Gasteiger partial charge on any atom is -0.326 e. The molecule has 0 fully saturated rings. The molecule has 6 heteroatoms. The van der Waals surface area contributed by atoms with E-state index < -0.39 is 0 Å². The molecular weight excluding hydrogens is 304 g/mol. The number of rotatable bonds is 5. The van der Waals surface area contributed by atoms with Gasteiger partial charge in [-0.2, -0.15) is 5.10 Å².